The van der Waals surface area contributed by atoms with Gasteiger partial charge in [0.25, 0.3) is 0 Å². The lowest BCUT2D eigenvalue weighted by molar-refractivity contribution is -0.135. The van der Waals surface area contributed by atoms with Crippen LogP contribution in [0, 0.1) is 5.82 Å². The van der Waals surface area contributed by atoms with E-state index < -0.39 is 6.04 Å². The Bertz CT molecular complexity index is 922. The third-order valence-corrected chi connectivity index (χ3v) is 4.50. The number of halogens is 1. The van der Waals surface area contributed by atoms with Crippen molar-refractivity contribution in [3.63, 3.8) is 0 Å². The number of carbonyl (C=O) groups excluding carboxylic acids is 1. The summed E-state index contributed by atoms with van der Waals surface area (Å²) in [5.74, 6) is 0.674. The van der Waals surface area contributed by atoms with Crippen LogP contribution in [0.25, 0.3) is 11.4 Å². The van der Waals surface area contributed by atoms with Gasteiger partial charge in [0, 0.05) is 13.5 Å². The number of hydrogen-bond acceptors (Lipinski definition) is 3. The molecular weight excluding hydrogens is 319 g/mol. The molecule has 1 aliphatic rings. The van der Waals surface area contributed by atoms with Crippen LogP contribution in [-0.2, 0) is 17.8 Å². The number of amides is 1. The summed E-state index contributed by atoms with van der Waals surface area (Å²) < 4.78 is 16.1. The standard InChI is InChI=1S/C19H17FN4O/c1-23-12-17-21-22-18(14-9-5-6-10-15(14)20)24(17)16(19(23)25)11-13-7-3-2-4-8-13/h2-10,16H,11-12H2,1H3/t16-/m0/s1. The smallest absolute Gasteiger partial charge is 0.246 e. The van der Waals surface area contributed by atoms with Crippen LogP contribution < -0.4 is 0 Å². The van der Waals surface area contributed by atoms with Crippen LogP contribution in [0.15, 0.2) is 54.6 Å². The lowest BCUT2D eigenvalue weighted by Crippen LogP contribution is -2.41. The molecule has 6 heteroatoms. The fraction of sp³-hybridized carbons (Fsp3) is 0.211. The van der Waals surface area contributed by atoms with Crippen molar-refractivity contribution >= 4 is 5.91 Å². The molecule has 1 aliphatic heterocycles. The van der Waals surface area contributed by atoms with Crippen LogP contribution in [0.2, 0.25) is 0 Å². The highest BCUT2D eigenvalue weighted by atomic mass is 19.1. The predicted molar refractivity (Wildman–Crippen MR) is 91.1 cm³/mol. The molecule has 0 bridgehead atoms. The van der Waals surface area contributed by atoms with Gasteiger partial charge in [0.15, 0.2) is 11.6 Å². The highest BCUT2D eigenvalue weighted by molar-refractivity contribution is 5.82. The summed E-state index contributed by atoms with van der Waals surface area (Å²) in [5.41, 5.74) is 1.40. The van der Waals surface area contributed by atoms with E-state index in [2.05, 4.69) is 10.2 Å². The van der Waals surface area contributed by atoms with Gasteiger partial charge in [-0.2, -0.15) is 0 Å². The Hall–Kier alpha value is -3.02. The molecule has 0 N–H and O–H groups in total. The van der Waals surface area contributed by atoms with Gasteiger partial charge in [-0.15, -0.1) is 10.2 Å². The van der Waals surface area contributed by atoms with E-state index in [9.17, 15) is 9.18 Å². The Balaban J connectivity index is 1.83. The van der Waals surface area contributed by atoms with Crippen molar-refractivity contribution in [3.05, 3.63) is 71.8 Å². The van der Waals surface area contributed by atoms with Crippen LogP contribution in [0.3, 0.4) is 0 Å². The summed E-state index contributed by atoms with van der Waals surface area (Å²) in [6.07, 6.45) is 0.510. The molecule has 0 saturated carbocycles. The Morgan fingerprint density at radius 2 is 1.80 bits per heavy atom. The SMILES string of the molecule is CN1Cc2nnc(-c3ccccc3F)n2[C@@H](Cc2ccccc2)C1=O. The van der Waals surface area contributed by atoms with Crippen molar-refractivity contribution in [2.24, 2.45) is 0 Å². The van der Waals surface area contributed by atoms with E-state index in [1.54, 1.807) is 34.7 Å². The van der Waals surface area contributed by atoms with Crippen molar-refractivity contribution in [1.29, 1.82) is 0 Å². The predicted octanol–water partition coefficient (Wildman–Crippen LogP) is 2.84. The number of hydrogen-bond donors (Lipinski definition) is 0. The average Bonchev–Trinajstić information content (AvgIpc) is 3.03. The molecule has 25 heavy (non-hydrogen) atoms. The minimum absolute atomic E-state index is 0.0197. The zero-order chi connectivity index (χ0) is 17.4. The maximum absolute atomic E-state index is 14.3. The third-order valence-electron chi connectivity index (χ3n) is 4.50. The van der Waals surface area contributed by atoms with Crippen LogP contribution >= 0.6 is 0 Å². The number of likely N-dealkylation sites (N-methyl/N-ethyl adjacent to an activating group) is 1. The lowest BCUT2D eigenvalue weighted by Gasteiger charge is -2.31. The molecule has 2 heterocycles. The fourth-order valence-electron chi connectivity index (χ4n) is 3.26. The monoisotopic (exact) mass is 336 g/mol. The minimum Gasteiger partial charge on any atom is -0.336 e. The molecule has 4 rings (SSSR count). The van der Waals surface area contributed by atoms with E-state index >= 15 is 0 Å². The highest BCUT2D eigenvalue weighted by Gasteiger charge is 2.35. The number of benzene rings is 2. The molecule has 0 spiro atoms. The van der Waals surface area contributed by atoms with Gasteiger partial charge < -0.3 is 4.90 Å². The normalized spacial score (nSPS) is 16.8. The number of aromatic nitrogens is 3. The number of rotatable bonds is 3. The molecule has 1 amide bonds. The van der Waals surface area contributed by atoms with E-state index in [1.807, 2.05) is 30.3 Å². The second-order valence-electron chi connectivity index (χ2n) is 6.19. The van der Waals surface area contributed by atoms with Crippen LogP contribution in [0.5, 0.6) is 0 Å². The Kier molecular flexibility index (Phi) is 3.80. The lowest BCUT2D eigenvalue weighted by atomic mass is 10.0. The number of carbonyl (C=O) groups is 1. The molecule has 2 aromatic carbocycles. The van der Waals surface area contributed by atoms with Crippen molar-refractivity contribution in [3.8, 4) is 11.4 Å². The summed E-state index contributed by atoms with van der Waals surface area (Å²) in [6, 6.07) is 15.7. The fourth-order valence-corrected chi connectivity index (χ4v) is 3.26. The minimum atomic E-state index is -0.485. The molecule has 0 aliphatic carbocycles. The Morgan fingerprint density at radius 1 is 1.08 bits per heavy atom. The molecule has 5 nitrogen and oxygen atoms in total. The largest absolute Gasteiger partial charge is 0.336 e. The summed E-state index contributed by atoms with van der Waals surface area (Å²) >= 11 is 0. The molecule has 0 fully saturated rings. The zero-order valence-corrected chi connectivity index (χ0v) is 13.8. The van der Waals surface area contributed by atoms with E-state index in [-0.39, 0.29) is 11.7 Å². The maximum Gasteiger partial charge on any atom is 0.246 e. The molecule has 0 unspecified atom stereocenters. The highest BCUT2D eigenvalue weighted by Crippen LogP contribution is 2.31. The second kappa shape index (κ2) is 6.12. The van der Waals surface area contributed by atoms with Crippen LogP contribution in [0.4, 0.5) is 4.39 Å². The summed E-state index contributed by atoms with van der Waals surface area (Å²) in [7, 11) is 1.75. The van der Waals surface area contributed by atoms with E-state index in [4.69, 9.17) is 0 Å². The first-order chi connectivity index (χ1) is 12.1. The molecule has 1 atom stereocenters. The van der Waals surface area contributed by atoms with Gasteiger partial charge >= 0.3 is 0 Å². The van der Waals surface area contributed by atoms with Gasteiger partial charge in [-0.3, -0.25) is 9.36 Å². The van der Waals surface area contributed by atoms with Gasteiger partial charge in [-0.05, 0) is 17.7 Å². The first kappa shape index (κ1) is 15.5. The second-order valence-corrected chi connectivity index (χ2v) is 6.19. The summed E-state index contributed by atoms with van der Waals surface area (Å²) in [4.78, 5) is 14.5. The van der Waals surface area contributed by atoms with E-state index in [1.165, 1.54) is 6.07 Å². The first-order valence-corrected chi connectivity index (χ1v) is 8.12. The summed E-state index contributed by atoms with van der Waals surface area (Å²) in [5, 5.41) is 8.39. The van der Waals surface area contributed by atoms with Crippen molar-refractivity contribution in [1.82, 2.24) is 19.7 Å². The van der Waals surface area contributed by atoms with Gasteiger partial charge in [0.05, 0.1) is 12.1 Å². The Morgan fingerprint density at radius 3 is 2.56 bits per heavy atom. The van der Waals surface area contributed by atoms with Crippen molar-refractivity contribution in [2.75, 3.05) is 7.05 Å². The van der Waals surface area contributed by atoms with Crippen molar-refractivity contribution < 1.29 is 9.18 Å². The number of nitrogens with zero attached hydrogens (tertiary/aromatic N) is 4. The van der Waals surface area contributed by atoms with Gasteiger partial charge in [-0.1, -0.05) is 42.5 Å². The molecule has 0 radical (unpaired) electrons. The molecule has 0 saturated heterocycles. The molecule has 126 valence electrons. The molecule has 3 aromatic rings. The van der Waals surface area contributed by atoms with Gasteiger partial charge in [-0.25, -0.2) is 4.39 Å². The average molecular weight is 336 g/mol. The third kappa shape index (κ3) is 2.69. The van der Waals surface area contributed by atoms with Crippen LogP contribution in [-0.4, -0.2) is 32.6 Å². The quantitative estimate of drug-likeness (QED) is 0.739. The zero-order valence-electron chi connectivity index (χ0n) is 13.8. The van der Waals surface area contributed by atoms with Gasteiger partial charge in [0.2, 0.25) is 5.91 Å². The summed E-state index contributed by atoms with van der Waals surface area (Å²) in [6.45, 7) is 0.367. The molecular formula is C19H17FN4O. The topological polar surface area (TPSA) is 51.0 Å². The van der Waals surface area contributed by atoms with Gasteiger partial charge in [0.1, 0.15) is 11.9 Å². The number of fused-ring (bicyclic) bond motifs is 1. The molecule has 1 aromatic heterocycles. The maximum atomic E-state index is 14.3. The van der Waals surface area contributed by atoms with E-state index in [0.29, 0.717) is 30.2 Å². The first-order valence-electron chi connectivity index (χ1n) is 8.12. The Labute approximate surface area is 144 Å². The van der Waals surface area contributed by atoms with Crippen molar-refractivity contribution in [2.45, 2.75) is 19.0 Å². The van der Waals surface area contributed by atoms with E-state index in [0.717, 1.165) is 5.56 Å². The van der Waals surface area contributed by atoms with Crippen LogP contribution in [0.1, 0.15) is 17.4 Å².